The van der Waals surface area contributed by atoms with Crippen molar-refractivity contribution in [1.29, 1.82) is 0 Å². The second kappa shape index (κ2) is 6.54. The fourth-order valence-electron chi connectivity index (χ4n) is 1.51. The lowest BCUT2D eigenvalue weighted by Gasteiger charge is -2.18. The number of hydrogen-bond donors (Lipinski definition) is 1. The van der Waals surface area contributed by atoms with Crippen LogP contribution in [0.25, 0.3) is 0 Å². The number of hydrogen-bond acceptors (Lipinski definition) is 3. The number of carbonyl (C=O) groups is 3. The summed E-state index contributed by atoms with van der Waals surface area (Å²) < 4.78 is 0. The predicted octanol–water partition coefficient (Wildman–Crippen LogP) is 2.42. The van der Waals surface area contributed by atoms with Gasteiger partial charge in [0.15, 0.2) is 0 Å². The molecule has 0 fully saturated rings. The van der Waals surface area contributed by atoms with Gasteiger partial charge in [0.25, 0.3) is 0 Å². The number of rotatable bonds is 3. The number of benzene rings is 1. The second-order valence-electron chi connectivity index (χ2n) is 3.72. The molecule has 0 unspecified atom stereocenters. The quantitative estimate of drug-likeness (QED) is 0.872. The molecule has 19 heavy (non-hydrogen) atoms. The zero-order valence-corrected chi connectivity index (χ0v) is 11.9. The van der Waals surface area contributed by atoms with Gasteiger partial charge in [-0.1, -0.05) is 11.6 Å². The van der Waals surface area contributed by atoms with Crippen LogP contribution in [0.5, 0.6) is 0 Å². The fraction of sp³-hybridized carbons (Fsp3) is 0.250. The van der Waals surface area contributed by atoms with Gasteiger partial charge in [-0.3, -0.25) is 19.3 Å². The molecule has 1 rings (SSSR count). The normalized spacial score (nSPS) is 9.89. The molecular weight excluding hydrogens is 291 g/mol. The van der Waals surface area contributed by atoms with Gasteiger partial charge in [-0.05, 0) is 18.2 Å². The molecule has 7 heteroatoms. The van der Waals surface area contributed by atoms with Crippen LogP contribution in [-0.2, 0) is 14.4 Å². The molecule has 0 heterocycles. The topological polar surface area (TPSA) is 66.5 Å². The van der Waals surface area contributed by atoms with Crippen LogP contribution in [0.4, 0.5) is 11.4 Å². The van der Waals surface area contributed by atoms with E-state index in [1.165, 1.54) is 32.0 Å². The first kappa shape index (κ1) is 15.5. The highest BCUT2D eigenvalue weighted by Crippen LogP contribution is 2.27. The summed E-state index contributed by atoms with van der Waals surface area (Å²) in [4.78, 5) is 34.9. The lowest BCUT2D eigenvalue weighted by atomic mass is 10.2. The Morgan fingerprint density at radius 1 is 1.21 bits per heavy atom. The van der Waals surface area contributed by atoms with Crippen molar-refractivity contribution in [2.24, 2.45) is 0 Å². The van der Waals surface area contributed by atoms with Crippen molar-refractivity contribution in [2.45, 2.75) is 13.8 Å². The van der Waals surface area contributed by atoms with E-state index in [1.807, 2.05) is 0 Å². The predicted molar refractivity (Wildman–Crippen MR) is 74.6 cm³/mol. The number of imide groups is 1. The molecule has 0 aliphatic rings. The lowest BCUT2D eigenvalue weighted by molar-refractivity contribution is -0.124. The molecule has 0 bridgehead atoms. The highest BCUT2D eigenvalue weighted by molar-refractivity contribution is 6.35. The average Bonchev–Trinajstić information content (AvgIpc) is 2.31. The SMILES string of the molecule is CC(=O)N(C(C)=O)c1ccc(NC(=O)CCl)c(Cl)c1. The van der Waals surface area contributed by atoms with Gasteiger partial charge in [0.05, 0.1) is 16.4 Å². The van der Waals surface area contributed by atoms with Crippen LogP contribution in [0, 0.1) is 0 Å². The summed E-state index contributed by atoms with van der Waals surface area (Å²) in [5, 5.41) is 2.70. The van der Waals surface area contributed by atoms with Gasteiger partial charge in [-0.25, -0.2) is 0 Å². The monoisotopic (exact) mass is 302 g/mol. The number of nitrogens with one attached hydrogen (secondary N) is 1. The first-order chi connectivity index (χ1) is 8.86. The van der Waals surface area contributed by atoms with Gasteiger partial charge in [0.2, 0.25) is 17.7 Å². The molecule has 0 spiro atoms. The van der Waals surface area contributed by atoms with Crippen LogP contribution in [0.2, 0.25) is 5.02 Å². The van der Waals surface area contributed by atoms with Crippen molar-refractivity contribution in [3.8, 4) is 0 Å². The van der Waals surface area contributed by atoms with Crippen LogP contribution < -0.4 is 10.2 Å². The Balaban J connectivity index is 3.08. The maximum atomic E-state index is 11.4. The Morgan fingerprint density at radius 3 is 2.21 bits per heavy atom. The van der Waals surface area contributed by atoms with Crippen molar-refractivity contribution >= 4 is 52.3 Å². The summed E-state index contributed by atoms with van der Waals surface area (Å²) >= 11 is 11.3. The number of alkyl halides is 1. The smallest absolute Gasteiger partial charge is 0.239 e. The molecular formula is C12H12Cl2N2O3. The minimum Gasteiger partial charge on any atom is -0.324 e. The highest BCUT2D eigenvalue weighted by atomic mass is 35.5. The van der Waals surface area contributed by atoms with Gasteiger partial charge in [0.1, 0.15) is 5.88 Å². The molecule has 3 amide bonds. The number of anilines is 2. The van der Waals surface area contributed by atoms with Gasteiger partial charge in [0, 0.05) is 13.8 Å². The number of carbonyl (C=O) groups excluding carboxylic acids is 3. The number of amides is 3. The van der Waals surface area contributed by atoms with E-state index in [1.54, 1.807) is 0 Å². The molecule has 102 valence electrons. The minimum atomic E-state index is -0.416. The third-order valence-electron chi connectivity index (χ3n) is 2.24. The van der Waals surface area contributed by atoms with Gasteiger partial charge in [-0.2, -0.15) is 0 Å². The van der Waals surface area contributed by atoms with E-state index in [2.05, 4.69) is 5.32 Å². The molecule has 1 aromatic carbocycles. The molecule has 0 saturated carbocycles. The summed E-state index contributed by atoms with van der Waals surface area (Å²) in [6, 6.07) is 4.44. The van der Waals surface area contributed by atoms with Crippen LogP contribution in [0.1, 0.15) is 13.8 Å². The van der Waals surface area contributed by atoms with E-state index in [4.69, 9.17) is 23.2 Å². The Labute approximate surface area is 120 Å². The molecule has 1 N–H and O–H groups in total. The molecule has 0 aromatic heterocycles. The van der Waals surface area contributed by atoms with Crippen molar-refractivity contribution in [3.63, 3.8) is 0 Å². The Hall–Kier alpha value is -1.59. The average molecular weight is 303 g/mol. The van der Waals surface area contributed by atoms with Crippen LogP contribution in [-0.4, -0.2) is 23.6 Å². The van der Waals surface area contributed by atoms with Crippen LogP contribution in [0.3, 0.4) is 0 Å². The minimum absolute atomic E-state index is 0.189. The van der Waals surface area contributed by atoms with Crippen molar-refractivity contribution in [3.05, 3.63) is 23.2 Å². The Morgan fingerprint density at radius 2 is 1.79 bits per heavy atom. The highest BCUT2D eigenvalue weighted by Gasteiger charge is 2.17. The largest absolute Gasteiger partial charge is 0.324 e. The summed E-state index contributed by atoms with van der Waals surface area (Å²) in [5.41, 5.74) is 0.706. The summed E-state index contributed by atoms with van der Waals surface area (Å²) in [6.07, 6.45) is 0. The van der Waals surface area contributed by atoms with E-state index >= 15 is 0 Å². The van der Waals surface area contributed by atoms with Crippen molar-refractivity contribution in [2.75, 3.05) is 16.1 Å². The summed E-state index contributed by atoms with van der Waals surface area (Å²) in [6.45, 7) is 2.55. The van der Waals surface area contributed by atoms with Gasteiger partial charge >= 0.3 is 0 Å². The van der Waals surface area contributed by atoms with Crippen LogP contribution >= 0.6 is 23.2 Å². The maximum absolute atomic E-state index is 11.4. The molecule has 1 aromatic rings. The van der Waals surface area contributed by atoms with Crippen molar-refractivity contribution < 1.29 is 14.4 Å². The summed E-state index contributed by atoms with van der Waals surface area (Å²) in [7, 11) is 0. The molecule has 0 atom stereocenters. The first-order valence-electron chi connectivity index (χ1n) is 5.33. The van der Waals surface area contributed by atoms with E-state index < -0.39 is 17.7 Å². The van der Waals surface area contributed by atoms with E-state index in [0.717, 1.165) is 4.90 Å². The second-order valence-corrected chi connectivity index (χ2v) is 4.39. The standard InChI is InChI=1S/C12H12Cl2N2O3/c1-7(17)16(8(2)18)9-3-4-11(10(14)5-9)15-12(19)6-13/h3-5H,6H2,1-2H3,(H,15,19). The maximum Gasteiger partial charge on any atom is 0.239 e. The van der Waals surface area contributed by atoms with E-state index in [0.29, 0.717) is 11.4 Å². The third kappa shape index (κ3) is 3.94. The zero-order chi connectivity index (χ0) is 14.6. The Kier molecular flexibility index (Phi) is 5.32. The van der Waals surface area contributed by atoms with E-state index in [9.17, 15) is 14.4 Å². The molecule has 0 saturated heterocycles. The van der Waals surface area contributed by atoms with Gasteiger partial charge in [-0.15, -0.1) is 11.6 Å². The van der Waals surface area contributed by atoms with Gasteiger partial charge < -0.3 is 5.32 Å². The Bertz CT molecular complexity index is 518. The van der Waals surface area contributed by atoms with Crippen LogP contribution in [0.15, 0.2) is 18.2 Å². The van der Waals surface area contributed by atoms with E-state index in [-0.39, 0.29) is 10.9 Å². The lowest BCUT2D eigenvalue weighted by Crippen LogP contribution is -2.33. The number of nitrogens with zero attached hydrogens (tertiary/aromatic N) is 1. The van der Waals surface area contributed by atoms with Crippen molar-refractivity contribution in [1.82, 2.24) is 0 Å². The summed E-state index contributed by atoms with van der Waals surface area (Å²) in [5.74, 6) is -1.42. The first-order valence-corrected chi connectivity index (χ1v) is 6.24. The molecule has 0 aliphatic heterocycles. The molecule has 0 radical (unpaired) electrons. The molecule has 5 nitrogen and oxygen atoms in total. The zero-order valence-electron chi connectivity index (χ0n) is 10.4. The fourth-order valence-corrected chi connectivity index (χ4v) is 1.80. The number of halogens is 2. The third-order valence-corrected chi connectivity index (χ3v) is 2.79. The molecule has 0 aliphatic carbocycles.